The van der Waals surface area contributed by atoms with E-state index in [1.165, 1.54) is 24.0 Å². The largest absolute Gasteiger partial charge is 0.494 e. The van der Waals surface area contributed by atoms with Crippen LogP contribution < -0.4 is 9.64 Å². The van der Waals surface area contributed by atoms with Crippen molar-refractivity contribution in [1.29, 1.82) is 0 Å². The van der Waals surface area contributed by atoms with Crippen LogP contribution in [-0.2, 0) is 15.8 Å². The van der Waals surface area contributed by atoms with E-state index in [-0.39, 0.29) is 29.4 Å². The van der Waals surface area contributed by atoms with Gasteiger partial charge in [0.15, 0.2) is 5.78 Å². The molecule has 1 saturated heterocycles. The quantitative estimate of drug-likeness (QED) is 0.191. The number of alkyl halides is 4. The van der Waals surface area contributed by atoms with Crippen LogP contribution in [0, 0.1) is 12.8 Å². The van der Waals surface area contributed by atoms with Gasteiger partial charge in [-0.05, 0) is 61.7 Å². The van der Waals surface area contributed by atoms with Crippen LogP contribution in [0.15, 0.2) is 42.5 Å². The summed E-state index contributed by atoms with van der Waals surface area (Å²) in [7, 11) is 2.13. The summed E-state index contributed by atoms with van der Waals surface area (Å²) in [6.45, 7) is 7.03. The summed E-state index contributed by atoms with van der Waals surface area (Å²) in [5.74, 6) is -0.496. The van der Waals surface area contributed by atoms with Gasteiger partial charge in [-0.1, -0.05) is 50.3 Å². The molecule has 0 aromatic heterocycles. The minimum absolute atomic E-state index is 0.0340. The molecule has 1 aliphatic carbocycles. The van der Waals surface area contributed by atoms with Crippen LogP contribution in [-0.4, -0.2) is 73.7 Å². The van der Waals surface area contributed by atoms with Crippen molar-refractivity contribution in [1.82, 2.24) is 9.80 Å². The second kappa shape index (κ2) is 15.4. The number of ketones is 1. The fourth-order valence-corrected chi connectivity index (χ4v) is 6.36. The molecule has 1 amide bonds. The zero-order chi connectivity index (χ0) is 31.0. The number of hydrogen-bond donors (Lipinski definition) is 0. The number of hydrogen-bond acceptors (Lipinski definition) is 5. The summed E-state index contributed by atoms with van der Waals surface area (Å²) in [4.78, 5) is 33.3. The normalized spacial score (nSPS) is 17.9. The Hall–Kier alpha value is -2.62. The highest BCUT2D eigenvalue weighted by molar-refractivity contribution is 6.30. The number of halogens is 4. The van der Waals surface area contributed by atoms with Gasteiger partial charge in [0.2, 0.25) is 5.91 Å². The predicted molar refractivity (Wildman–Crippen MR) is 164 cm³/mol. The standard InChI is InChI=1S/C33H43ClF3N3O3/c1-24-28(33(35,36)37)10-6-11-29(24)40(31(42)23-34)32(30(41)22-25-8-4-3-5-9-25)26-12-14-27(15-13-26)43-21-7-16-39-19-17-38(2)18-20-39/h6,10-15,25,32H,3-5,7-9,16-23H2,1-2H3. The fraction of sp³-hybridized carbons (Fsp3) is 0.576. The number of likely N-dealkylation sites (N-methyl/N-ethyl adjacent to an activating group) is 1. The monoisotopic (exact) mass is 621 g/mol. The third-order valence-corrected chi connectivity index (χ3v) is 8.94. The van der Waals surface area contributed by atoms with E-state index in [0.29, 0.717) is 17.9 Å². The first-order valence-corrected chi connectivity index (χ1v) is 15.8. The number of anilines is 1. The number of carbonyl (C=O) groups excluding carboxylic acids is 2. The number of piperazine rings is 1. The first kappa shape index (κ1) is 33.3. The van der Waals surface area contributed by atoms with Gasteiger partial charge in [-0.25, -0.2) is 0 Å². The van der Waals surface area contributed by atoms with Gasteiger partial charge in [0.1, 0.15) is 17.7 Å². The molecule has 1 aliphatic heterocycles. The van der Waals surface area contributed by atoms with Gasteiger partial charge in [-0.3, -0.25) is 14.5 Å². The molecule has 236 valence electrons. The molecule has 1 heterocycles. The number of ether oxygens (including phenoxy) is 1. The summed E-state index contributed by atoms with van der Waals surface area (Å²) in [5, 5.41) is 0. The van der Waals surface area contributed by atoms with Crippen LogP contribution in [0.3, 0.4) is 0 Å². The summed E-state index contributed by atoms with van der Waals surface area (Å²) >= 11 is 6.02. The lowest BCUT2D eigenvalue weighted by Crippen LogP contribution is -2.44. The topological polar surface area (TPSA) is 53.1 Å². The van der Waals surface area contributed by atoms with Crippen molar-refractivity contribution in [3.05, 3.63) is 59.2 Å². The maximum atomic E-state index is 14.0. The molecule has 6 nitrogen and oxygen atoms in total. The van der Waals surface area contributed by atoms with E-state index < -0.39 is 29.6 Å². The van der Waals surface area contributed by atoms with E-state index in [2.05, 4.69) is 16.8 Å². The Labute approximate surface area is 258 Å². The lowest BCUT2D eigenvalue weighted by atomic mass is 9.83. The maximum Gasteiger partial charge on any atom is 0.416 e. The number of carbonyl (C=O) groups is 2. The average molecular weight is 622 g/mol. The van der Waals surface area contributed by atoms with Gasteiger partial charge >= 0.3 is 6.18 Å². The van der Waals surface area contributed by atoms with Crippen LogP contribution in [0.2, 0.25) is 0 Å². The molecule has 2 aliphatic rings. The van der Waals surface area contributed by atoms with E-state index in [1.807, 2.05) is 0 Å². The first-order valence-electron chi connectivity index (χ1n) is 15.3. The van der Waals surface area contributed by atoms with Crippen molar-refractivity contribution < 1.29 is 27.5 Å². The molecule has 1 saturated carbocycles. The number of rotatable bonds is 12. The van der Waals surface area contributed by atoms with Crippen LogP contribution in [0.5, 0.6) is 5.75 Å². The minimum Gasteiger partial charge on any atom is -0.494 e. The van der Waals surface area contributed by atoms with Crippen LogP contribution >= 0.6 is 11.6 Å². The van der Waals surface area contributed by atoms with Gasteiger partial charge < -0.3 is 14.5 Å². The van der Waals surface area contributed by atoms with Crippen molar-refractivity contribution in [2.75, 3.05) is 57.2 Å². The van der Waals surface area contributed by atoms with Gasteiger partial charge in [-0.2, -0.15) is 13.2 Å². The van der Waals surface area contributed by atoms with Crippen molar-refractivity contribution in [3.8, 4) is 5.75 Å². The van der Waals surface area contributed by atoms with Crippen molar-refractivity contribution in [3.63, 3.8) is 0 Å². The Balaban J connectivity index is 1.57. The summed E-state index contributed by atoms with van der Waals surface area (Å²) in [5.41, 5.74) is -0.423. The molecule has 0 bridgehead atoms. The summed E-state index contributed by atoms with van der Waals surface area (Å²) in [6.07, 6.45) is 1.57. The Morgan fingerprint density at radius 1 is 1.02 bits per heavy atom. The van der Waals surface area contributed by atoms with E-state index in [1.54, 1.807) is 24.3 Å². The molecule has 1 unspecified atom stereocenters. The Kier molecular flexibility index (Phi) is 11.9. The lowest BCUT2D eigenvalue weighted by Gasteiger charge is -2.34. The number of amides is 1. The Morgan fingerprint density at radius 3 is 2.33 bits per heavy atom. The molecule has 0 N–H and O–H groups in total. The van der Waals surface area contributed by atoms with Gasteiger partial charge in [0, 0.05) is 44.8 Å². The van der Waals surface area contributed by atoms with Gasteiger partial charge in [-0.15, -0.1) is 11.6 Å². The van der Waals surface area contributed by atoms with E-state index in [4.69, 9.17) is 16.3 Å². The smallest absolute Gasteiger partial charge is 0.416 e. The van der Waals surface area contributed by atoms with Crippen molar-refractivity contribution in [2.24, 2.45) is 5.92 Å². The number of Topliss-reactive ketones (excluding diaryl/α,β-unsaturated/α-hetero) is 1. The third kappa shape index (κ3) is 8.96. The van der Waals surface area contributed by atoms with Crippen LogP contribution in [0.4, 0.5) is 18.9 Å². The Morgan fingerprint density at radius 2 is 1.70 bits per heavy atom. The molecule has 4 rings (SSSR count). The molecule has 0 spiro atoms. The van der Waals surface area contributed by atoms with E-state index in [0.717, 1.165) is 77.3 Å². The van der Waals surface area contributed by atoms with Crippen molar-refractivity contribution in [2.45, 2.75) is 64.1 Å². The van der Waals surface area contributed by atoms with E-state index in [9.17, 15) is 22.8 Å². The van der Waals surface area contributed by atoms with Gasteiger partial charge in [0.25, 0.3) is 0 Å². The molecular weight excluding hydrogens is 579 g/mol. The SMILES string of the molecule is Cc1c(N(C(=O)CCl)C(C(=O)CC2CCCCC2)c2ccc(OCCCN3CCN(C)CC3)cc2)cccc1C(F)(F)F. The third-order valence-electron chi connectivity index (χ3n) is 8.71. The molecule has 1 atom stereocenters. The number of benzene rings is 2. The molecule has 2 aromatic rings. The van der Waals surface area contributed by atoms with Gasteiger partial charge in [0.05, 0.1) is 12.2 Å². The lowest BCUT2D eigenvalue weighted by molar-refractivity contribution is -0.138. The maximum absolute atomic E-state index is 14.0. The first-order chi connectivity index (χ1) is 20.6. The highest BCUT2D eigenvalue weighted by atomic mass is 35.5. The second-order valence-electron chi connectivity index (χ2n) is 11.8. The Bertz CT molecular complexity index is 1210. The average Bonchev–Trinajstić information content (AvgIpc) is 2.99. The summed E-state index contributed by atoms with van der Waals surface area (Å²) < 4.78 is 47.5. The molecule has 2 aromatic carbocycles. The molecular formula is C33H43ClF3N3O3. The molecule has 10 heteroatoms. The highest BCUT2D eigenvalue weighted by Crippen LogP contribution is 2.40. The predicted octanol–water partition coefficient (Wildman–Crippen LogP) is 6.88. The molecule has 0 radical (unpaired) electrons. The molecule has 2 fully saturated rings. The van der Waals surface area contributed by atoms with Crippen molar-refractivity contribution >= 4 is 29.0 Å². The second-order valence-corrected chi connectivity index (χ2v) is 12.1. The summed E-state index contributed by atoms with van der Waals surface area (Å²) in [6, 6.07) is 9.57. The van der Waals surface area contributed by atoms with Crippen LogP contribution in [0.1, 0.15) is 67.7 Å². The number of nitrogens with zero attached hydrogens (tertiary/aromatic N) is 3. The molecule has 43 heavy (non-hydrogen) atoms. The highest BCUT2D eigenvalue weighted by Gasteiger charge is 2.38. The van der Waals surface area contributed by atoms with Crippen LogP contribution in [0.25, 0.3) is 0 Å². The zero-order valence-corrected chi connectivity index (χ0v) is 25.9. The fourth-order valence-electron chi connectivity index (χ4n) is 6.24. The zero-order valence-electron chi connectivity index (χ0n) is 25.2. The van der Waals surface area contributed by atoms with E-state index >= 15 is 0 Å². The minimum atomic E-state index is -4.61.